The zero-order valence-electron chi connectivity index (χ0n) is 10.5. The summed E-state index contributed by atoms with van der Waals surface area (Å²) in [5.74, 6) is 0.721. The lowest BCUT2D eigenvalue weighted by atomic mass is 10.2. The Labute approximate surface area is 106 Å². The minimum atomic E-state index is 0.00858. The van der Waals surface area contributed by atoms with Gasteiger partial charge < -0.3 is 15.4 Å². The molecule has 1 aromatic rings. The Balaban J connectivity index is 1.74. The monoisotopic (exact) mass is 250 g/mol. The van der Waals surface area contributed by atoms with Gasteiger partial charge in [0.05, 0.1) is 25.5 Å². The summed E-state index contributed by atoms with van der Waals surface area (Å²) in [4.78, 5) is 20.0. The number of aromatic nitrogens is 2. The lowest BCUT2D eigenvalue weighted by Gasteiger charge is -2.23. The van der Waals surface area contributed by atoms with Crippen molar-refractivity contribution < 1.29 is 9.53 Å². The summed E-state index contributed by atoms with van der Waals surface area (Å²) in [5, 5.41) is 6.09. The Morgan fingerprint density at radius 3 is 3.28 bits per heavy atom. The van der Waals surface area contributed by atoms with Gasteiger partial charge in [-0.05, 0) is 13.0 Å². The third-order valence-corrected chi connectivity index (χ3v) is 2.73. The molecule has 1 saturated heterocycles. The van der Waals surface area contributed by atoms with Gasteiger partial charge in [0.1, 0.15) is 5.82 Å². The minimum absolute atomic E-state index is 0.00858. The van der Waals surface area contributed by atoms with Crippen LogP contribution in [0, 0.1) is 6.92 Å². The smallest absolute Gasteiger partial charge is 0.221 e. The normalized spacial score (nSPS) is 19.5. The number of hydrogen-bond donors (Lipinski definition) is 2. The molecule has 0 aliphatic carbocycles. The number of carbonyl (C=O) groups excluding carboxylic acids is 1. The predicted octanol–water partition coefficient (Wildman–Crippen LogP) is -0.220. The van der Waals surface area contributed by atoms with Gasteiger partial charge in [-0.3, -0.25) is 4.79 Å². The molecule has 1 aliphatic rings. The maximum absolute atomic E-state index is 11.7. The molecule has 0 radical (unpaired) electrons. The number of nitrogens with one attached hydrogen (secondary N) is 2. The van der Waals surface area contributed by atoms with E-state index in [1.54, 1.807) is 12.3 Å². The fourth-order valence-corrected chi connectivity index (χ4v) is 1.84. The number of amides is 1. The third-order valence-electron chi connectivity index (χ3n) is 2.73. The average molecular weight is 250 g/mol. The number of aryl methyl sites for hydroxylation is 1. The maximum atomic E-state index is 11.7. The Kier molecular flexibility index (Phi) is 4.60. The summed E-state index contributed by atoms with van der Waals surface area (Å²) in [5.41, 5.74) is 0.823. The number of rotatable bonds is 4. The molecular formula is C12H18N4O2. The molecule has 98 valence electrons. The SMILES string of the molecule is Cc1nccc(CNC(=O)CC2COCCN2)n1. The molecule has 2 rings (SSSR count). The van der Waals surface area contributed by atoms with Crippen molar-refractivity contribution in [3.63, 3.8) is 0 Å². The van der Waals surface area contributed by atoms with E-state index in [-0.39, 0.29) is 11.9 Å². The van der Waals surface area contributed by atoms with E-state index in [0.29, 0.717) is 25.4 Å². The van der Waals surface area contributed by atoms with Crippen molar-refractivity contribution in [2.75, 3.05) is 19.8 Å². The van der Waals surface area contributed by atoms with Crippen LogP contribution in [0.5, 0.6) is 0 Å². The fraction of sp³-hybridized carbons (Fsp3) is 0.583. The van der Waals surface area contributed by atoms with E-state index in [9.17, 15) is 4.79 Å². The summed E-state index contributed by atoms with van der Waals surface area (Å²) in [6.07, 6.45) is 2.13. The van der Waals surface area contributed by atoms with Gasteiger partial charge in [-0.1, -0.05) is 0 Å². The zero-order valence-corrected chi connectivity index (χ0v) is 10.5. The van der Waals surface area contributed by atoms with Gasteiger partial charge in [0.2, 0.25) is 5.91 Å². The highest BCUT2D eigenvalue weighted by Gasteiger charge is 2.16. The van der Waals surface area contributed by atoms with E-state index in [1.807, 2.05) is 6.92 Å². The van der Waals surface area contributed by atoms with Crippen molar-refractivity contribution >= 4 is 5.91 Å². The van der Waals surface area contributed by atoms with Gasteiger partial charge in [-0.15, -0.1) is 0 Å². The van der Waals surface area contributed by atoms with Crippen LogP contribution in [0.15, 0.2) is 12.3 Å². The van der Waals surface area contributed by atoms with Gasteiger partial charge in [-0.2, -0.15) is 0 Å². The van der Waals surface area contributed by atoms with Crippen LogP contribution in [0.1, 0.15) is 17.9 Å². The molecule has 0 bridgehead atoms. The summed E-state index contributed by atoms with van der Waals surface area (Å²) in [6, 6.07) is 1.92. The number of carbonyl (C=O) groups is 1. The number of hydrogen-bond acceptors (Lipinski definition) is 5. The summed E-state index contributed by atoms with van der Waals surface area (Å²) < 4.78 is 5.30. The number of nitrogens with zero attached hydrogens (tertiary/aromatic N) is 2. The molecule has 6 heteroatoms. The van der Waals surface area contributed by atoms with Gasteiger partial charge >= 0.3 is 0 Å². The highest BCUT2D eigenvalue weighted by atomic mass is 16.5. The van der Waals surface area contributed by atoms with E-state index in [2.05, 4.69) is 20.6 Å². The van der Waals surface area contributed by atoms with Crippen LogP contribution in [0.2, 0.25) is 0 Å². The summed E-state index contributed by atoms with van der Waals surface area (Å²) in [6.45, 7) is 4.39. The second kappa shape index (κ2) is 6.42. The molecule has 2 N–H and O–H groups in total. The van der Waals surface area contributed by atoms with Crippen molar-refractivity contribution in [2.24, 2.45) is 0 Å². The lowest BCUT2D eigenvalue weighted by molar-refractivity contribution is -0.122. The Hall–Kier alpha value is -1.53. The maximum Gasteiger partial charge on any atom is 0.221 e. The molecule has 0 saturated carbocycles. The van der Waals surface area contributed by atoms with Crippen molar-refractivity contribution in [1.29, 1.82) is 0 Å². The van der Waals surface area contributed by atoms with E-state index in [0.717, 1.165) is 18.8 Å². The van der Waals surface area contributed by atoms with Crippen LogP contribution >= 0.6 is 0 Å². The molecule has 1 unspecified atom stereocenters. The quantitative estimate of drug-likeness (QED) is 0.772. The van der Waals surface area contributed by atoms with Gasteiger partial charge in [0, 0.05) is 25.2 Å². The van der Waals surface area contributed by atoms with E-state index >= 15 is 0 Å². The standard InChI is InChI=1S/C12H18N4O2/c1-9-13-3-2-10(16-9)7-15-12(17)6-11-8-18-5-4-14-11/h2-3,11,14H,4-8H2,1H3,(H,15,17). The van der Waals surface area contributed by atoms with Crippen molar-refractivity contribution in [3.8, 4) is 0 Å². The van der Waals surface area contributed by atoms with Crippen LogP contribution in [0.4, 0.5) is 0 Å². The van der Waals surface area contributed by atoms with E-state index in [1.165, 1.54) is 0 Å². The summed E-state index contributed by atoms with van der Waals surface area (Å²) >= 11 is 0. The molecular weight excluding hydrogens is 232 g/mol. The van der Waals surface area contributed by atoms with Gasteiger partial charge in [0.15, 0.2) is 0 Å². The second-order valence-corrected chi connectivity index (χ2v) is 4.30. The van der Waals surface area contributed by atoms with Gasteiger partial charge in [-0.25, -0.2) is 9.97 Å². The Bertz CT molecular complexity index is 405. The molecule has 18 heavy (non-hydrogen) atoms. The van der Waals surface area contributed by atoms with E-state index < -0.39 is 0 Å². The van der Waals surface area contributed by atoms with Crippen molar-refractivity contribution in [2.45, 2.75) is 25.9 Å². The lowest BCUT2D eigenvalue weighted by Crippen LogP contribution is -2.44. The Morgan fingerprint density at radius 2 is 2.56 bits per heavy atom. The van der Waals surface area contributed by atoms with Crippen molar-refractivity contribution in [1.82, 2.24) is 20.6 Å². The van der Waals surface area contributed by atoms with Crippen LogP contribution in [0.25, 0.3) is 0 Å². The third kappa shape index (κ3) is 4.05. The first-order valence-corrected chi connectivity index (χ1v) is 6.10. The molecule has 0 spiro atoms. The zero-order chi connectivity index (χ0) is 12.8. The Morgan fingerprint density at radius 1 is 1.67 bits per heavy atom. The largest absolute Gasteiger partial charge is 0.378 e. The molecule has 1 amide bonds. The van der Waals surface area contributed by atoms with Crippen LogP contribution in [-0.4, -0.2) is 41.7 Å². The molecule has 1 fully saturated rings. The minimum Gasteiger partial charge on any atom is -0.378 e. The van der Waals surface area contributed by atoms with Crippen LogP contribution < -0.4 is 10.6 Å². The first-order valence-electron chi connectivity index (χ1n) is 6.10. The fourth-order valence-electron chi connectivity index (χ4n) is 1.84. The van der Waals surface area contributed by atoms with Gasteiger partial charge in [0.25, 0.3) is 0 Å². The van der Waals surface area contributed by atoms with Crippen molar-refractivity contribution in [3.05, 3.63) is 23.8 Å². The predicted molar refractivity (Wildman–Crippen MR) is 65.8 cm³/mol. The van der Waals surface area contributed by atoms with E-state index in [4.69, 9.17) is 4.74 Å². The van der Waals surface area contributed by atoms with Crippen LogP contribution in [-0.2, 0) is 16.1 Å². The molecule has 6 nitrogen and oxygen atoms in total. The highest BCUT2D eigenvalue weighted by molar-refractivity contribution is 5.76. The first-order chi connectivity index (χ1) is 8.74. The average Bonchev–Trinajstić information content (AvgIpc) is 2.38. The van der Waals surface area contributed by atoms with Crippen LogP contribution in [0.3, 0.4) is 0 Å². The molecule has 0 aromatic carbocycles. The first kappa shape index (κ1) is 12.9. The topological polar surface area (TPSA) is 76.1 Å². The number of morpholine rings is 1. The molecule has 1 aromatic heterocycles. The molecule has 1 atom stereocenters. The highest BCUT2D eigenvalue weighted by Crippen LogP contribution is 1.99. The molecule has 1 aliphatic heterocycles. The number of ether oxygens (including phenoxy) is 1. The molecule has 2 heterocycles. The second-order valence-electron chi connectivity index (χ2n) is 4.30. The summed E-state index contributed by atoms with van der Waals surface area (Å²) in [7, 11) is 0.